The van der Waals surface area contributed by atoms with E-state index in [-0.39, 0.29) is 6.04 Å². The molecule has 2 N–H and O–H groups in total. The monoisotopic (exact) mass is 275 g/mol. The van der Waals surface area contributed by atoms with Crippen molar-refractivity contribution < 1.29 is 0 Å². The Balaban J connectivity index is 1.99. The van der Waals surface area contributed by atoms with E-state index in [1.165, 1.54) is 38.0 Å². The molecule has 0 saturated carbocycles. The molecule has 1 aliphatic rings. The maximum absolute atomic E-state index is 6.27. The van der Waals surface area contributed by atoms with E-state index in [4.69, 9.17) is 5.73 Å². The second-order valence-electron chi connectivity index (χ2n) is 6.46. The number of likely N-dealkylation sites (tertiary alicyclic amines) is 1. The summed E-state index contributed by atoms with van der Waals surface area (Å²) in [6.07, 6.45) is 2.57. The van der Waals surface area contributed by atoms with Gasteiger partial charge in [0.05, 0.1) is 0 Å². The maximum atomic E-state index is 6.27. The van der Waals surface area contributed by atoms with Crippen LogP contribution in [0, 0.1) is 5.92 Å². The molecule has 1 saturated heterocycles. The molecule has 112 valence electrons. The molecular weight excluding hydrogens is 246 g/mol. The van der Waals surface area contributed by atoms with Crippen LogP contribution in [-0.4, -0.2) is 49.6 Å². The fourth-order valence-corrected chi connectivity index (χ4v) is 3.43. The second-order valence-corrected chi connectivity index (χ2v) is 6.46. The molecule has 0 spiro atoms. The average Bonchev–Trinajstić information content (AvgIpc) is 2.41. The normalized spacial score (nSPS) is 21.1. The van der Waals surface area contributed by atoms with Gasteiger partial charge >= 0.3 is 0 Å². The van der Waals surface area contributed by atoms with Crippen LogP contribution in [0.4, 0.5) is 0 Å². The summed E-state index contributed by atoms with van der Waals surface area (Å²) in [4.78, 5) is 4.88. The van der Waals surface area contributed by atoms with Crippen molar-refractivity contribution in [2.45, 2.75) is 31.8 Å². The van der Waals surface area contributed by atoms with Gasteiger partial charge < -0.3 is 10.6 Å². The largest absolute Gasteiger partial charge is 0.326 e. The minimum Gasteiger partial charge on any atom is -0.326 e. The molecule has 3 heteroatoms. The third-order valence-corrected chi connectivity index (χ3v) is 4.30. The van der Waals surface area contributed by atoms with E-state index in [9.17, 15) is 0 Å². The summed E-state index contributed by atoms with van der Waals surface area (Å²) in [5, 5.41) is 0. The molecule has 1 aromatic rings. The molecule has 2 atom stereocenters. The van der Waals surface area contributed by atoms with Crippen molar-refractivity contribution in [3.8, 4) is 0 Å². The van der Waals surface area contributed by atoms with Gasteiger partial charge in [-0.1, -0.05) is 30.3 Å². The Morgan fingerprint density at radius 2 is 1.80 bits per heavy atom. The third kappa shape index (κ3) is 4.05. The molecule has 1 heterocycles. The van der Waals surface area contributed by atoms with Crippen molar-refractivity contribution in [3.63, 3.8) is 0 Å². The van der Waals surface area contributed by atoms with Crippen molar-refractivity contribution in [1.82, 2.24) is 9.80 Å². The van der Waals surface area contributed by atoms with E-state index in [0.717, 1.165) is 5.92 Å². The van der Waals surface area contributed by atoms with Crippen LogP contribution in [0.5, 0.6) is 0 Å². The molecule has 0 aliphatic carbocycles. The molecular formula is C17H29N3. The highest BCUT2D eigenvalue weighted by molar-refractivity contribution is 5.20. The Kier molecular flexibility index (Phi) is 5.58. The van der Waals surface area contributed by atoms with E-state index in [2.05, 4.69) is 61.2 Å². The van der Waals surface area contributed by atoms with E-state index >= 15 is 0 Å². The van der Waals surface area contributed by atoms with Crippen molar-refractivity contribution >= 4 is 0 Å². The van der Waals surface area contributed by atoms with Crippen molar-refractivity contribution in [2.24, 2.45) is 11.7 Å². The van der Waals surface area contributed by atoms with Crippen LogP contribution in [0.25, 0.3) is 0 Å². The first-order valence-electron chi connectivity index (χ1n) is 7.77. The van der Waals surface area contributed by atoms with Crippen molar-refractivity contribution in [2.75, 3.05) is 33.7 Å². The lowest BCUT2D eigenvalue weighted by Crippen LogP contribution is -2.44. The lowest BCUT2D eigenvalue weighted by atomic mass is 9.92. The minimum absolute atomic E-state index is 0.169. The number of nitrogens with zero attached hydrogens (tertiary/aromatic N) is 2. The molecule has 1 fully saturated rings. The van der Waals surface area contributed by atoms with E-state index in [1.807, 2.05) is 0 Å². The number of nitrogens with two attached hydrogens (primary N) is 1. The first-order valence-corrected chi connectivity index (χ1v) is 7.77. The molecule has 1 aliphatic heterocycles. The zero-order chi connectivity index (χ0) is 14.5. The molecule has 0 aromatic heterocycles. The van der Waals surface area contributed by atoms with Crippen LogP contribution in [-0.2, 0) is 0 Å². The Morgan fingerprint density at radius 1 is 1.20 bits per heavy atom. The lowest BCUT2D eigenvalue weighted by Gasteiger charge is -2.40. The second kappa shape index (κ2) is 7.21. The van der Waals surface area contributed by atoms with Crippen molar-refractivity contribution in [1.29, 1.82) is 0 Å². The predicted octanol–water partition coefficient (Wildman–Crippen LogP) is 2.35. The standard InChI is InChI=1S/C17H29N3/c1-14(18)17(16-7-5-4-6-8-16)20-11-9-15(10-12-20)13-19(2)3/h4-8,14-15,17H,9-13,18H2,1-3H3. The Bertz CT molecular complexity index is 380. The lowest BCUT2D eigenvalue weighted by molar-refractivity contribution is 0.108. The summed E-state index contributed by atoms with van der Waals surface area (Å²) < 4.78 is 0. The van der Waals surface area contributed by atoms with E-state index in [0.29, 0.717) is 6.04 Å². The fourth-order valence-electron chi connectivity index (χ4n) is 3.43. The van der Waals surface area contributed by atoms with E-state index < -0.39 is 0 Å². The Morgan fingerprint density at radius 3 is 2.30 bits per heavy atom. The van der Waals surface area contributed by atoms with Gasteiger partial charge in [0.2, 0.25) is 0 Å². The number of piperidine rings is 1. The van der Waals surface area contributed by atoms with Gasteiger partial charge in [-0.2, -0.15) is 0 Å². The highest BCUT2D eigenvalue weighted by Crippen LogP contribution is 2.28. The quantitative estimate of drug-likeness (QED) is 0.895. The molecule has 0 bridgehead atoms. The van der Waals surface area contributed by atoms with Gasteiger partial charge in [-0.3, -0.25) is 4.90 Å². The van der Waals surface area contributed by atoms with Crippen molar-refractivity contribution in [3.05, 3.63) is 35.9 Å². The minimum atomic E-state index is 0.169. The number of hydrogen-bond donors (Lipinski definition) is 1. The molecule has 2 rings (SSSR count). The van der Waals surface area contributed by atoms with Crippen LogP contribution >= 0.6 is 0 Å². The highest BCUT2D eigenvalue weighted by atomic mass is 15.2. The van der Waals surface area contributed by atoms with Gasteiger partial charge in [-0.05, 0) is 58.4 Å². The summed E-state index contributed by atoms with van der Waals surface area (Å²) >= 11 is 0. The zero-order valence-electron chi connectivity index (χ0n) is 13.1. The topological polar surface area (TPSA) is 32.5 Å². The molecule has 0 amide bonds. The predicted molar refractivity (Wildman–Crippen MR) is 85.7 cm³/mol. The van der Waals surface area contributed by atoms with Gasteiger partial charge in [-0.15, -0.1) is 0 Å². The smallest absolute Gasteiger partial charge is 0.0496 e. The van der Waals surface area contributed by atoms with Crippen LogP contribution in [0.15, 0.2) is 30.3 Å². The van der Waals surface area contributed by atoms with Gasteiger partial charge in [0.1, 0.15) is 0 Å². The van der Waals surface area contributed by atoms with Gasteiger partial charge in [0, 0.05) is 18.6 Å². The van der Waals surface area contributed by atoms with Crippen LogP contribution in [0.3, 0.4) is 0 Å². The van der Waals surface area contributed by atoms with Crippen LogP contribution < -0.4 is 5.73 Å². The molecule has 2 unspecified atom stereocenters. The van der Waals surface area contributed by atoms with Crippen LogP contribution in [0.2, 0.25) is 0 Å². The summed E-state index contributed by atoms with van der Waals surface area (Å²) in [6.45, 7) is 5.67. The van der Waals surface area contributed by atoms with Gasteiger partial charge in [-0.25, -0.2) is 0 Å². The third-order valence-electron chi connectivity index (χ3n) is 4.30. The fraction of sp³-hybridized carbons (Fsp3) is 0.647. The molecule has 1 aromatic carbocycles. The maximum Gasteiger partial charge on any atom is 0.0496 e. The Labute approximate surface area is 123 Å². The number of hydrogen-bond acceptors (Lipinski definition) is 3. The highest BCUT2D eigenvalue weighted by Gasteiger charge is 2.28. The first kappa shape index (κ1) is 15.5. The average molecular weight is 275 g/mol. The summed E-state index contributed by atoms with van der Waals surface area (Å²) in [5.74, 6) is 0.839. The SMILES string of the molecule is CC(N)C(c1ccccc1)N1CCC(CN(C)C)CC1. The van der Waals surface area contributed by atoms with Gasteiger partial charge in [0.15, 0.2) is 0 Å². The number of benzene rings is 1. The summed E-state index contributed by atoms with van der Waals surface area (Å²) in [5.41, 5.74) is 7.62. The molecule has 20 heavy (non-hydrogen) atoms. The zero-order valence-corrected chi connectivity index (χ0v) is 13.1. The summed E-state index contributed by atoms with van der Waals surface area (Å²) in [6, 6.07) is 11.2. The Hall–Kier alpha value is -0.900. The van der Waals surface area contributed by atoms with Crippen LogP contribution in [0.1, 0.15) is 31.4 Å². The number of rotatable bonds is 5. The molecule has 0 radical (unpaired) electrons. The van der Waals surface area contributed by atoms with E-state index in [1.54, 1.807) is 0 Å². The van der Waals surface area contributed by atoms with Gasteiger partial charge in [0.25, 0.3) is 0 Å². The first-order chi connectivity index (χ1) is 9.58. The molecule has 3 nitrogen and oxygen atoms in total. The summed E-state index contributed by atoms with van der Waals surface area (Å²) in [7, 11) is 4.34.